The second-order valence-electron chi connectivity index (χ2n) is 4.93. The maximum atomic E-state index is 11.9. The molecule has 0 aromatic heterocycles. The molecular formula is C11H22ClF3N2O2S. The quantitative estimate of drug-likeness (QED) is 0.747. The molecular weight excluding hydrogens is 317 g/mol. The Bertz CT molecular complexity index is 357. The Labute approximate surface area is 124 Å². The van der Waals surface area contributed by atoms with E-state index in [0.717, 1.165) is 32.4 Å². The maximum absolute atomic E-state index is 11.9. The molecule has 1 unspecified atom stereocenters. The van der Waals surface area contributed by atoms with Crippen LogP contribution in [-0.4, -0.2) is 40.0 Å². The van der Waals surface area contributed by atoms with Crippen molar-refractivity contribution in [1.82, 2.24) is 10.0 Å². The highest BCUT2D eigenvalue weighted by Gasteiger charge is 2.27. The summed E-state index contributed by atoms with van der Waals surface area (Å²) in [5, 5.41) is 3.23. The fraction of sp³-hybridized carbons (Fsp3) is 1.00. The molecule has 0 bridgehead atoms. The Morgan fingerprint density at radius 3 is 2.55 bits per heavy atom. The zero-order valence-electron chi connectivity index (χ0n) is 11.2. The van der Waals surface area contributed by atoms with Crippen LogP contribution < -0.4 is 10.0 Å². The van der Waals surface area contributed by atoms with Gasteiger partial charge in [-0.3, -0.25) is 0 Å². The van der Waals surface area contributed by atoms with Gasteiger partial charge >= 0.3 is 6.18 Å². The van der Waals surface area contributed by atoms with Crippen molar-refractivity contribution in [3.05, 3.63) is 0 Å². The summed E-state index contributed by atoms with van der Waals surface area (Å²) in [7, 11) is -3.58. The third-order valence-corrected chi connectivity index (χ3v) is 4.62. The highest BCUT2D eigenvalue weighted by molar-refractivity contribution is 7.89. The van der Waals surface area contributed by atoms with E-state index >= 15 is 0 Å². The van der Waals surface area contributed by atoms with Crippen molar-refractivity contribution in [3.8, 4) is 0 Å². The molecule has 9 heteroatoms. The standard InChI is InChI=1S/C11H21F3N2O2S.ClH/c12-11(13,14)5-2-8-19(17,18)16-7-4-10-3-1-6-15-9-10;/h10,15-16H,1-9H2;1H. The summed E-state index contributed by atoms with van der Waals surface area (Å²) in [5.41, 5.74) is 0. The predicted molar refractivity (Wildman–Crippen MR) is 74.5 cm³/mol. The van der Waals surface area contributed by atoms with Crippen LogP contribution in [0.5, 0.6) is 0 Å². The van der Waals surface area contributed by atoms with Gasteiger partial charge in [-0.05, 0) is 44.7 Å². The number of nitrogens with one attached hydrogen (secondary N) is 2. The monoisotopic (exact) mass is 338 g/mol. The van der Waals surface area contributed by atoms with E-state index in [4.69, 9.17) is 0 Å². The number of hydrogen-bond donors (Lipinski definition) is 2. The van der Waals surface area contributed by atoms with E-state index in [9.17, 15) is 21.6 Å². The molecule has 0 aliphatic carbocycles. The summed E-state index contributed by atoms with van der Waals surface area (Å²) < 4.78 is 61.0. The first-order valence-corrected chi connectivity index (χ1v) is 8.18. The number of sulfonamides is 1. The highest BCUT2D eigenvalue weighted by Crippen LogP contribution is 2.21. The van der Waals surface area contributed by atoms with Gasteiger partial charge in [0.2, 0.25) is 10.0 Å². The minimum Gasteiger partial charge on any atom is -0.316 e. The third kappa shape index (κ3) is 9.79. The summed E-state index contributed by atoms with van der Waals surface area (Å²) in [6.07, 6.45) is -2.84. The van der Waals surface area contributed by atoms with Gasteiger partial charge in [0.25, 0.3) is 0 Å². The molecule has 122 valence electrons. The van der Waals surface area contributed by atoms with Crippen molar-refractivity contribution >= 4 is 22.4 Å². The largest absolute Gasteiger partial charge is 0.389 e. The lowest BCUT2D eigenvalue weighted by Gasteiger charge is -2.22. The van der Waals surface area contributed by atoms with Crippen molar-refractivity contribution in [2.75, 3.05) is 25.4 Å². The molecule has 0 saturated carbocycles. The average molecular weight is 339 g/mol. The first kappa shape index (κ1) is 19.9. The summed E-state index contributed by atoms with van der Waals surface area (Å²) in [6.45, 7) is 2.19. The predicted octanol–water partition coefficient (Wildman–Crippen LogP) is 2.06. The van der Waals surface area contributed by atoms with Gasteiger partial charge in [-0.2, -0.15) is 13.2 Å². The van der Waals surface area contributed by atoms with E-state index in [0.29, 0.717) is 12.5 Å². The molecule has 0 aromatic rings. The third-order valence-electron chi connectivity index (χ3n) is 3.15. The van der Waals surface area contributed by atoms with Crippen LogP contribution in [0.4, 0.5) is 13.2 Å². The van der Waals surface area contributed by atoms with Crippen LogP contribution in [0.2, 0.25) is 0 Å². The van der Waals surface area contributed by atoms with Gasteiger partial charge in [-0.25, -0.2) is 13.1 Å². The van der Waals surface area contributed by atoms with Crippen LogP contribution in [0.1, 0.15) is 32.1 Å². The molecule has 1 heterocycles. The highest BCUT2D eigenvalue weighted by atomic mass is 35.5. The molecule has 2 N–H and O–H groups in total. The molecule has 0 amide bonds. The summed E-state index contributed by atoms with van der Waals surface area (Å²) >= 11 is 0. The van der Waals surface area contributed by atoms with Crippen LogP contribution in [-0.2, 0) is 10.0 Å². The van der Waals surface area contributed by atoms with Crippen LogP contribution in [0.3, 0.4) is 0 Å². The van der Waals surface area contributed by atoms with Gasteiger partial charge in [0.1, 0.15) is 0 Å². The Balaban J connectivity index is 0.00000361. The van der Waals surface area contributed by atoms with Gasteiger partial charge < -0.3 is 5.32 Å². The molecule has 1 aliphatic heterocycles. The van der Waals surface area contributed by atoms with Crippen molar-refractivity contribution < 1.29 is 21.6 Å². The van der Waals surface area contributed by atoms with Gasteiger partial charge in [-0.15, -0.1) is 12.4 Å². The average Bonchev–Trinajstić information content (AvgIpc) is 2.28. The molecule has 4 nitrogen and oxygen atoms in total. The van der Waals surface area contributed by atoms with Crippen molar-refractivity contribution in [3.63, 3.8) is 0 Å². The zero-order valence-corrected chi connectivity index (χ0v) is 12.8. The summed E-state index contributed by atoms with van der Waals surface area (Å²) in [5.74, 6) is -0.0123. The van der Waals surface area contributed by atoms with E-state index in [-0.39, 0.29) is 18.8 Å². The van der Waals surface area contributed by atoms with Crippen molar-refractivity contribution in [1.29, 1.82) is 0 Å². The minimum atomic E-state index is -4.29. The lowest BCUT2D eigenvalue weighted by Crippen LogP contribution is -2.34. The molecule has 20 heavy (non-hydrogen) atoms. The van der Waals surface area contributed by atoms with Gasteiger partial charge in [0, 0.05) is 13.0 Å². The second kappa shape index (κ2) is 9.07. The lowest BCUT2D eigenvalue weighted by atomic mass is 9.96. The molecule has 1 atom stereocenters. The molecule has 1 rings (SSSR count). The molecule has 0 spiro atoms. The van der Waals surface area contributed by atoms with E-state index < -0.39 is 28.4 Å². The number of hydrogen-bond acceptors (Lipinski definition) is 3. The van der Waals surface area contributed by atoms with Crippen LogP contribution in [0.15, 0.2) is 0 Å². The zero-order chi connectivity index (χ0) is 14.4. The normalized spacial score (nSPS) is 20.4. The second-order valence-corrected chi connectivity index (χ2v) is 6.86. The van der Waals surface area contributed by atoms with Crippen LogP contribution >= 0.6 is 12.4 Å². The Morgan fingerprint density at radius 2 is 2.00 bits per heavy atom. The number of halogens is 4. The van der Waals surface area contributed by atoms with E-state index in [1.165, 1.54) is 0 Å². The van der Waals surface area contributed by atoms with Crippen molar-refractivity contribution in [2.24, 2.45) is 5.92 Å². The van der Waals surface area contributed by atoms with E-state index in [1.807, 2.05) is 0 Å². The molecule has 1 aliphatic rings. The van der Waals surface area contributed by atoms with E-state index in [2.05, 4.69) is 10.0 Å². The molecule has 0 aromatic carbocycles. The maximum Gasteiger partial charge on any atom is 0.389 e. The summed E-state index contributed by atoms with van der Waals surface area (Å²) in [4.78, 5) is 0. The topological polar surface area (TPSA) is 58.2 Å². The summed E-state index contributed by atoms with van der Waals surface area (Å²) in [6, 6.07) is 0. The molecule has 1 fully saturated rings. The molecule has 0 radical (unpaired) electrons. The van der Waals surface area contributed by atoms with E-state index in [1.54, 1.807) is 0 Å². The Kier molecular flexibility index (Phi) is 9.04. The number of rotatable bonds is 7. The van der Waals surface area contributed by atoms with Crippen LogP contribution in [0.25, 0.3) is 0 Å². The SMILES string of the molecule is Cl.O=S(=O)(CCCC(F)(F)F)NCCC1CCCNC1. The number of piperidine rings is 1. The fourth-order valence-electron chi connectivity index (χ4n) is 2.12. The number of alkyl halides is 3. The van der Waals surface area contributed by atoms with Gasteiger partial charge in [0.15, 0.2) is 0 Å². The van der Waals surface area contributed by atoms with Crippen LogP contribution in [0, 0.1) is 5.92 Å². The van der Waals surface area contributed by atoms with Gasteiger partial charge in [-0.1, -0.05) is 0 Å². The lowest BCUT2D eigenvalue weighted by molar-refractivity contribution is -0.134. The first-order chi connectivity index (χ1) is 8.79. The molecule has 1 saturated heterocycles. The fourth-order valence-corrected chi connectivity index (χ4v) is 3.22. The smallest absolute Gasteiger partial charge is 0.316 e. The first-order valence-electron chi connectivity index (χ1n) is 6.53. The Hall–Kier alpha value is -0.0500. The minimum absolute atomic E-state index is 0. The van der Waals surface area contributed by atoms with Crippen molar-refractivity contribution in [2.45, 2.75) is 38.3 Å². The Morgan fingerprint density at radius 1 is 1.30 bits per heavy atom. The van der Waals surface area contributed by atoms with Gasteiger partial charge in [0.05, 0.1) is 5.75 Å².